The fourth-order valence-corrected chi connectivity index (χ4v) is 3.74. The van der Waals surface area contributed by atoms with E-state index in [4.69, 9.17) is 5.73 Å². The average Bonchev–Trinajstić information content (AvgIpc) is 3.41. The zero-order valence-electron chi connectivity index (χ0n) is 17.0. The Labute approximate surface area is 177 Å². The smallest absolute Gasteiger partial charge is 0.248 e. The van der Waals surface area contributed by atoms with E-state index < -0.39 is 5.91 Å². The Balaban J connectivity index is 1.40. The molecule has 1 aliphatic rings. The van der Waals surface area contributed by atoms with Crippen molar-refractivity contribution in [3.05, 3.63) is 48.4 Å². The van der Waals surface area contributed by atoms with E-state index >= 15 is 0 Å². The number of carbonyl (C=O) groups excluding carboxylic acids is 1. The molecule has 1 aromatic carbocycles. The summed E-state index contributed by atoms with van der Waals surface area (Å²) in [4.78, 5) is 22.7. The van der Waals surface area contributed by atoms with Gasteiger partial charge in [-0.15, -0.1) is 5.10 Å². The molecule has 4 heterocycles. The number of fused-ring (bicyclic) bond motifs is 1. The van der Waals surface area contributed by atoms with E-state index in [-0.39, 0.29) is 0 Å². The van der Waals surface area contributed by atoms with Crippen LogP contribution in [0.5, 0.6) is 0 Å². The Hall–Kier alpha value is -3.86. The van der Waals surface area contributed by atoms with Crippen LogP contribution in [0.3, 0.4) is 0 Å². The number of benzene rings is 1. The molecule has 0 radical (unpaired) electrons. The number of hydrogen-bond donors (Lipinski definition) is 2. The molecule has 0 atom stereocenters. The molecular formula is C20H22N10O. The Bertz CT molecular complexity index is 1240. The lowest BCUT2D eigenvalue weighted by molar-refractivity contribution is 0.1000. The van der Waals surface area contributed by atoms with Crippen molar-refractivity contribution in [1.82, 2.24) is 39.6 Å². The van der Waals surface area contributed by atoms with Crippen LogP contribution in [-0.4, -0.2) is 65.7 Å². The summed E-state index contributed by atoms with van der Waals surface area (Å²) < 4.78 is 3.56. The molecule has 31 heavy (non-hydrogen) atoms. The topological polar surface area (TPSA) is 133 Å². The van der Waals surface area contributed by atoms with Crippen molar-refractivity contribution in [1.29, 1.82) is 0 Å². The predicted molar refractivity (Wildman–Crippen MR) is 114 cm³/mol. The third kappa shape index (κ3) is 3.82. The van der Waals surface area contributed by atoms with Crippen LogP contribution in [0.2, 0.25) is 0 Å². The molecule has 0 spiro atoms. The summed E-state index contributed by atoms with van der Waals surface area (Å²) in [6.07, 6.45) is 7.52. The first-order valence-electron chi connectivity index (χ1n) is 10.1. The summed E-state index contributed by atoms with van der Waals surface area (Å²) >= 11 is 0. The number of aromatic nitrogens is 7. The largest absolute Gasteiger partial charge is 0.366 e. The summed E-state index contributed by atoms with van der Waals surface area (Å²) in [5.74, 6) is -0.102. The molecule has 0 bridgehead atoms. The summed E-state index contributed by atoms with van der Waals surface area (Å²) in [5.41, 5.74) is 8.28. The van der Waals surface area contributed by atoms with Gasteiger partial charge in [0.25, 0.3) is 0 Å². The van der Waals surface area contributed by atoms with Gasteiger partial charge in [-0.3, -0.25) is 9.48 Å². The molecule has 1 fully saturated rings. The number of piperidine rings is 1. The van der Waals surface area contributed by atoms with Crippen molar-refractivity contribution in [3.8, 4) is 5.69 Å². The lowest BCUT2D eigenvalue weighted by Crippen LogP contribution is -2.31. The maximum absolute atomic E-state index is 11.5. The third-order valence-electron chi connectivity index (χ3n) is 5.49. The number of hydrogen-bond acceptors (Lipinski definition) is 8. The second-order valence-corrected chi connectivity index (χ2v) is 7.69. The monoisotopic (exact) mass is 418 g/mol. The zero-order valence-corrected chi connectivity index (χ0v) is 17.0. The normalized spacial score (nSPS) is 15.4. The highest BCUT2D eigenvalue weighted by molar-refractivity contribution is 5.93. The van der Waals surface area contributed by atoms with Gasteiger partial charge in [0, 0.05) is 11.8 Å². The van der Waals surface area contributed by atoms with Gasteiger partial charge in [-0.25, -0.2) is 4.98 Å². The Morgan fingerprint density at radius 1 is 1.23 bits per heavy atom. The molecule has 1 aliphatic heterocycles. The van der Waals surface area contributed by atoms with Gasteiger partial charge in [-0.05, 0) is 51.2 Å². The number of nitrogens with one attached hydrogen (secondary N) is 1. The van der Waals surface area contributed by atoms with Gasteiger partial charge in [0.2, 0.25) is 11.9 Å². The highest BCUT2D eigenvalue weighted by Gasteiger charge is 2.19. The van der Waals surface area contributed by atoms with Gasteiger partial charge >= 0.3 is 0 Å². The van der Waals surface area contributed by atoms with E-state index in [0.29, 0.717) is 34.4 Å². The van der Waals surface area contributed by atoms with Crippen LogP contribution in [0, 0.1) is 0 Å². The number of nitrogens with zero attached hydrogens (tertiary/aromatic N) is 8. The molecule has 11 nitrogen and oxygen atoms in total. The van der Waals surface area contributed by atoms with Crippen LogP contribution < -0.4 is 11.1 Å². The molecule has 1 amide bonds. The fourth-order valence-electron chi connectivity index (χ4n) is 3.74. The highest BCUT2D eigenvalue weighted by atomic mass is 16.1. The number of likely N-dealkylation sites (tertiary alicyclic amines) is 1. The molecule has 0 saturated carbocycles. The molecule has 3 aromatic heterocycles. The number of rotatable bonds is 5. The van der Waals surface area contributed by atoms with Gasteiger partial charge < -0.3 is 16.0 Å². The van der Waals surface area contributed by atoms with Crippen molar-refractivity contribution < 1.29 is 4.79 Å². The molecule has 0 aliphatic carbocycles. The molecule has 11 heteroatoms. The van der Waals surface area contributed by atoms with Gasteiger partial charge in [0.05, 0.1) is 29.8 Å². The maximum Gasteiger partial charge on any atom is 0.248 e. The maximum atomic E-state index is 11.5. The first-order chi connectivity index (χ1) is 15.1. The van der Waals surface area contributed by atoms with Gasteiger partial charge in [-0.1, -0.05) is 11.3 Å². The Kier molecular flexibility index (Phi) is 4.79. The molecule has 1 saturated heterocycles. The third-order valence-corrected chi connectivity index (χ3v) is 5.49. The standard InChI is InChI=1S/C20H22N10O/c1-28-7-5-15(6-8-28)29-12-14(10-23-29)24-20-22-11-17-19(25-20)30(27-26-17)16-4-2-3-13(9-16)18(21)31/h2-4,9-12,15H,5-8H2,1H3,(H2,21,31)(H,22,24,25). The van der Waals surface area contributed by atoms with Gasteiger partial charge in [0.1, 0.15) is 0 Å². The molecule has 4 aromatic rings. The van der Waals surface area contributed by atoms with E-state index in [1.165, 1.54) is 0 Å². The van der Waals surface area contributed by atoms with E-state index in [9.17, 15) is 4.79 Å². The number of carbonyl (C=O) groups is 1. The van der Waals surface area contributed by atoms with Gasteiger partial charge in [-0.2, -0.15) is 14.8 Å². The van der Waals surface area contributed by atoms with Crippen LogP contribution in [0.1, 0.15) is 29.2 Å². The van der Waals surface area contributed by atoms with Crippen LogP contribution >= 0.6 is 0 Å². The van der Waals surface area contributed by atoms with Crippen molar-refractivity contribution in [2.24, 2.45) is 5.73 Å². The molecule has 158 valence electrons. The highest BCUT2D eigenvalue weighted by Crippen LogP contribution is 2.23. The molecule has 5 rings (SSSR count). The average molecular weight is 418 g/mol. The lowest BCUT2D eigenvalue weighted by atomic mass is 10.1. The van der Waals surface area contributed by atoms with E-state index in [0.717, 1.165) is 31.6 Å². The van der Waals surface area contributed by atoms with Crippen molar-refractivity contribution in [3.63, 3.8) is 0 Å². The number of primary amides is 1. The van der Waals surface area contributed by atoms with E-state index in [2.05, 4.69) is 42.6 Å². The lowest BCUT2D eigenvalue weighted by Gasteiger charge is -2.28. The second kappa shape index (κ2) is 7.76. The first kappa shape index (κ1) is 19.1. The summed E-state index contributed by atoms with van der Waals surface area (Å²) in [7, 11) is 2.14. The van der Waals surface area contributed by atoms with Crippen molar-refractivity contribution in [2.45, 2.75) is 18.9 Å². The van der Waals surface area contributed by atoms with Crippen LogP contribution in [0.25, 0.3) is 16.9 Å². The van der Waals surface area contributed by atoms with Crippen LogP contribution in [0.15, 0.2) is 42.9 Å². The number of amides is 1. The van der Waals surface area contributed by atoms with Crippen molar-refractivity contribution >= 4 is 28.7 Å². The first-order valence-corrected chi connectivity index (χ1v) is 10.1. The minimum atomic E-state index is -0.509. The van der Waals surface area contributed by atoms with E-state index in [1.54, 1.807) is 41.3 Å². The molecule has 0 unspecified atom stereocenters. The summed E-state index contributed by atoms with van der Waals surface area (Å²) in [6, 6.07) is 7.24. The zero-order chi connectivity index (χ0) is 21.4. The van der Waals surface area contributed by atoms with Gasteiger partial charge in [0.15, 0.2) is 11.2 Å². The minimum Gasteiger partial charge on any atom is -0.366 e. The van der Waals surface area contributed by atoms with Crippen molar-refractivity contribution in [2.75, 3.05) is 25.5 Å². The Morgan fingerprint density at radius 2 is 2.06 bits per heavy atom. The van der Waals surface area contributed by atoms with Crippen LogP contribution in [0.4, 0.5) is 11.6 Å². The number of nitrogens with two attached hydrogens (primary N) is 1. The van der Waals surface area contributed by atoms with E-state index in [1.807, 2.05) is 10.9 Å². The molecule has 3 N–H and O–H groups in total. The fraction of sp³-hybridized carbons (Fsp3) is 0.300. The predicted octanol–water partition coefficient (Wildman–Crippen LogP) is 1.52. The van der Waals surface area contributed by atoms with Crippen LogP contribution in [-0.2, 0) is 0 Å². The quantitative estimate of drug-likeness (QED) is 0.498. The molecular weight excluding hydrogens is 396 g/mol. The second-order valence-electron chi connectivity index (χ2n) is 7.69. The Morgan fingerprint density at radius 3 is 2.87 bits per heavy atom. The minimum absolute atomic E-state index is 0.384. The summed E-state index contributed by atoms with van der Waals surface area (Å²) in [5, 5.41) is 16.0. The summed E-state index contributed by atoms with van der Waals surface area (Å²) in [6.45, 7) is 2.14. The number of anilines is 2. The SMILES string of the molecule is CN1CCC(n2cc(Nc3ncc4nnn(-c5cccc(C(N)=O)c5)c4n3)cn2)CC1.